The Morgan fingerprint density at radius 3 is 2.92 bits per heavy atom. The molecule has 1 N–H and O–H groups in total. The van der Waals surface area contributed by atoms with Gasteiger partial charge in [-0.2, -0.15) is 0 Å². The molecule has 2 unspecified atom stereocenters. The Kier molecular flexibility index (Phi) is 5.68. The van der Waals surface area contributed by atoms with Gasteiger partial charge in [0, 0.05) is 32.5 Å². The molecule has 24 heavy (non-hydrogen) atoms. The highest BCUT2D eigenvalue weighted by molar-refractivity contribution is 5.94. The zero-order valence-corrected chi connectivity index (χ0v) is 14.2. The summed E-state index contributed by atoms with van der Waals surface area (Å²) in [4.78, 5) is 18.3. The highest BCUT2D eigenvalue weighted by atomic mass is 16.5. The second kappa shape index (κ2) is 7.94. The maximum atomic E-state index is 11.9. The van der Waals surface area contributed by atoms with Crippen LogP contribution in [0, 0.1) is 11.8 Å². The zero-order valence-electron chi connectivity index (χ0n) is 14.2. The van der Waals surface area contributed by atoms with E-state index in [0.29, 0.717) is 29.8 Å². The lowest BCUT2D eigenvalue weighted by molar-refractivity contribution is 0.0333. The van der Waals surface area contributed by atoms with E-state index in [1.165, 1.54) is 7.11 Å². The van der Waals surface area contributed by atoms with E-state index in [1.807, 2.05) is 4.90 Å². The number of methoxy groups -OCH3 is 1. The van der Waals surface area contributed by atoms with Crippen LogP contribution in [0.1, 0.15) is 36.0 Å². The largest absolute Gasteiger partial charge is 0.465 e. The molecule has 2 fully saturated rings. The van der Waals surface area contributed by atoms with E-state index in [1.54, 1.807) is 18.3 Å². The van der Waals surface area contributed by atoms with Crippen LogP contribution < -0.4 is 4.90 Å². The van der Waals surface area contributed by atoms with Crippen molar-refractivity contribution in [1.82, 2.24) is 4.98 Å². The number of aliphatic hydroxyl groups is 1. The Hall–Kier alpha value is -1.66. The Balaban J connectivity index is 1.64. The van der Waals surface area contributed by atoms with Gasteiger partial charge in [0.1, 0.15) is 11.4 Å². The van der Waals surface area contributed by atoms with Gasteiger partial charge >= 0.3 is 5.97 Å². The fourth-order valence-corrected chi connectivity index (χ4v) is 3.78. The van der Waals surface area contributed by atoms with Crippen LogP contribution in [-0.4, -0.2) is 55.6 Å². The number of anilines is 1. The molecule has 1 aromatic rings. The molecule has 0 radical (unpaired) electrons. The molecular weight excluding hydrogens is 308 g/mol. The molecule has 0 spiro atoms. The van der Waals surface area contributed by atoms with E-state index in [-0.39, 0.29) is 0 Å². The van der Waals surface area contributed by atoms with Crippen LogP contribution in [0.2, 0.25) is 0 Å². The molecule has 0 bridgehead atoms. The van der Waals surface area contributed by atoms with Gasteiger partial charge in [-0.3, -0.25) is 0 Å². The van der Waals surface area contributed by atoms with Crippen LogP contribution in [0.5, 0.6) is 0 Å². The number of aliphatic hydroxyl groups excluding tert-OH is 1. The van der Waals surface area contributed by atoms with Gasteiger partial charge in [-0.1, -0.05) is 0 Å². The maximum Gasteiger partial charge on any atom is 0.341 e. The molecule has 0 aromatic carbocycles. The first kappa shape index (κ1) is 17.2. The van der Waals surface area contributed by atoms with Gasteiger partial charge in [0.15, 0.2) is 0 Å². The zero-order chi connectivity index (χ0) is 16.9. The molecule has 1 aromatic heterocycles. The minimum atomic E-state index is -0.394. The quantitative estimate of drug-likeness (QED) is 0.848. The summed E-state index contributed by atoms with van der Waals surface area (Å²) in [7, 11) is 1.37. The minimum absolute atomic E-state index is 0.314. The molecule has 2 atom stereocenters. The molecule has 0 saturated carbocycles. The van der Waals surface area contributed by atoms with Crippen LogP contribution in [-0.2, 0) is 9.47 Å². The first-order chi connectivity index (χ1) is 11.7. The summed E-state index contributed by atoms with van der Waals surface area (Å²) in [6.45, 7) is 2.99. The van der Waals surface area contributed by atoms with Crippen LogP contribution >= 0.6 is 0 Å². The lowest BCUT2D eigenvalue weighted by atomic mass is 9.82. The normalized spacial score (nSPS) is 25.5. The molecule has 0 amide bonds. The summed E-state index contributed by atoms with van der Waals surface area (Å²) in [5.74, 6) is 1.19. The second-order valence-electron chi connectivity index (χ2n) is 6.72. The van der Waals surface area contributed by atoms with Crippen LogP contribution in [0.15, 0.2) is 18.3 Å². The number of β-amino-alcohol motifs (C(OH)–C–C–N with tert-alkyl or cyclic N) is 1. The van der Waals surface area contributed by atoms with Crippen molar-refractivity contribution in [2.75, 3.05) is 38.3 Å². The standard InChI is InChI=1S/C18H26N2O4/c1-23-18(22)15-3-2-7-19-17(15)20-8-4-14(16(21)12-20)11-13-5-9-24-10-6-13/h2-3,7,13-14,16,21H,4-6,8-12H2,1H3. The Bertz CT molecular complexity index is 560. The van der Waals surface area contributed by atoms with E-state index >= 15 is 0 Å². The lowest BCUT2D eigenvalue weighted by Crippen LogP contribution is -2.45. The molecule has 6 heteroatoms. The van der Waals surface area contributed by atoms with Crippen molar-refractivity contribution in [3.8, 4) is 0 Å². The lowest BCUT2D eigenvalue weighted by Gasteiger charge is -2.39. The van der Waals surface area contributed by atoms with Crippen molar-refractivity contribution < 1.29 is 19.4 Å². The molecule has 6 nitrogen and oxygen atoms in total. The topological polar surface area (TPSA) is 71.9 Å². The Labute approximate surface area is 142 Å². The smallest absolute Gasteiger partial charge is 0.341 e. The van der Waals surface area contributed by atoms with Crippen molar-refractivity contribution >= 4 is 11.8 Å². The fraction of sp³-hybridized carbons (Fsp3) is 0.667. The number of rotatable bonds is 4. The monoisotopic (exact) mass is 334 g/mol. The van der Waals surface area contributed by atoms with Crippen molar-refractivity contribution in [3.05, 3.63) is 23.9 Å². The van der Waals surface area contributed by atoms with E-state index in [2.05, 4.69) is 4.98 Å². The first-order valence-electron chi connectivity index (χ1n) is 8.73. The molecule has 2 aliphatic heterocycles. The number of aromatic nitrogens is 1. The summed E-state index contributed by atoms with van der Waals surface area (Å²) in [6.07, 6.45) is 5.44. The number of piperidine rings is 1. The van der Waals surface area contributed by atoms with E-state index < -0.39 is 12.1 Å². The van der Waals surface area contributed by atoms with Gasteiger partial charge in [0.05, 0.1) is 13.2 Å². The average molecular weight is 334 g/mol. The van der Waals surface area contributed by atoms with E-state index in [4.69, 9.17) is 9.47 Å². The van der Waals surface area contributed by atoms with Gasteiger partial charge in [0.25, 0.3) is 0 Å². The first-order valence-corrected chi connectivity index (χ1v) is 8.73. The summed E-state index contributed by atoms with van der Waals surface area (Å²) in [5, 5.41) is 10.6. The van der Waals surface area contributed by atoms with Crippen molar-refractivity contribution in [2.45, 2.75) is 31.8 Å². The summed E-state index contributed by atoms with van der Waals surface area (Å²) in [6, 6.07) is 3.44. The third-order valence-electron chi connectivity index (χ3n) is 5.19. The Morgan fingerprint density at radius 1 is 1.42 bits per heavy atom. The predicted molar refractivity (Wildman–Crippen MR) is 90.1 cm³/mol. The van der Waals surface area contributed by atoms with Gasteiger partial charge < -0.3 is 19.5 Å². The molecule has 0 aliphatic carbocycles. The Morgan fingerprint density at radius 2 is 2.21 bits per heavy atom. The number of esters is 1. The number of nitrogens with zero attached hydrogens (tertiary/aromatic N) is 2. The predicted octanol–water partition coefficient (Wildman–Crippen LogP) is 1.87. The summed E-state index contributed by atoms with van der Waals surface area (Å²) < 4.78 is 10.3. The molecule has 132 valence electrons. The number of hydrogen-bond acceptors (Lipinski definition) is 6. The van der Waals surface area contributed by atoms with Gasteiger partial charge in [-0.25, -0.2) is 9.78 Å². The molecule has 2 saturated heterocycles. The molecule has 3 heterocycles. The molecule has 2 aliphatic rings. The van der Waals surface area contributed by atoms with Crippen LogP contribution in [0.4, 0.5) is 5.82 Å². The van der Waals surface area contributed by atoms with Gasteiger partial charge in [0.2, 0.25) is 0 Å². The maximum absolute atomic E-state index is 11.9. The number of hydrogen-bond donors (Lipinski definition) is 1. The van der Waals surface area contributed by atoms with Gasteiger partial charge in [-0.15, -0.1) is 0 Å². The number of ether oxygens (including phenoxy) is 2. The third-order valence-corrected chi connectivity index (χ3v) is 5.19. The minimum Gasteiger partial charge on any atom is -0.465 e. The van der Waals surface area contributed by atoms with Crippen molar-refractivity contribution in [1.29, 1.82) is 0 Å². The number of carbonyl (C=O) groups is 1. The SMILES string of the molecule is COC(=O)c1cccnc1N1CCC(CC2CCOCC2)C(O)C1. The van der Waals surface area contributed by atoms with Crippen molar-refractivity contribution in [3.63, 3.8) is 0 Å². The van der Waals surface area contributed by atoms with Crippen LogP contribution in [0.25, 0.3) is 0 Å². The van der Waals surface area contributed by atoms with E-state index in [9.17, 15) is 9.90 Å². The van der Waals surface area contributed by atoms with E-state index in [0.717, 1.165) is 45.4 Å². The summed E-state index contributed by atoms with van der Waals surface area (Å²) >= 11 is 0. The fourth-order valence-electron chi connectivity index (χ4n) is 3.78. The molecular formula is C18H26N2O4. The van der Waals surface area contributed by atoms with Gasteiger partial charge in [-0.05, 0) is 49.7 Å². The average Bonchev–Trinajstić information content (AvgIpc) is 2.63. The molecule has 3 rings (SSSR count). The van der Waals surface area contributed by atoms with Crippen LogP contribution in [0.3, 0.4) is 0 Å². The third kappa shape index (κ3) is 3.87. The second-order valence-corrected chi connectivity index (χ2v) is 6.72. The highest BCUT2D eigenvalue weighted by Crippen LogP contribution is 2.31. The highest BCUT2D eigenvalue weighted by Gasteiger charge is 2.32. The number of pyridine rings is 1. The summed E-state index contributed by atoms with van der Waals surface area (Å²) in [5.41, 5.74) is 0.454. The van der Waals surface area contributed by atoms with Crippen molar-refractivity contribution in [2.24, 2.45) is 11.8 Å². The number of carbonyl (C=O) groups excluding carboxylic acids is 1.